The molecule has 3 aliphatic rings. The fraction of sp³-hybridized carbons (Fsp3) is 0.814. The van der Waals surface area contributed by atoms with E-state index in [1.807, 2.05) is 19.9 Å². The van der Waals surface area contributed by atoms with E-state index in [4.69, 9.17) is 37.9 Å². The van der Waals surface area contributed by atoms with Gasteiger partial charge in [0.25, 0.3) is 0 Å². The summed E-state index contributed by atoms with van der Waals surface area (Å²) in [5.74, 6) is -2.92. The molecule has 0 aromatic carbocycles. The first-order chi connectivity index (χ1) is 27.8. The molecule has 0 saturated carbocycles. The van der Waals surface area contributed by atoms with Gasteiger partial charge < -0.3 is 62.9 Å². The van der Waals surface area contributed by atoms with Gasteiger partial charge in [-0.1, -0.05) is 45.9 Å². The Morgan fingerprint density at radius 3 is 2.31 bits per heavy atom. The zero-order valence-electron chi connectivity index (χ0n) is 36.8. The number of ether oxygens (including phenoxy) is 8. The predicted molar refractivity (Wildman–Crippen MR) is 214 cm³/mol. The number of methoxy groups -OCH3 is 1. The Kier molecular flexibility index (Phi) is 20.1. The number of cyclic esters (lactones) is 1. The zero-order valence-corrected chi connectivity index (χ0v) is 36.8. The number of carbonyl (C=O) groups excluding carboxylic acids is 4. The maximum atomic E-state index is 13.0. The highest BCUT2D eigenvalue weighted by molar-refractivity contribution is 5.72. The fourth-order valence-electron chi connectivity index (χ4n) is 8.04. The highest BCUT2D eigenvalue weighted by Gasteiger charge is 2.53. The number of esters is 3. The molecule has 0 aromatic heterocycles. The second-order valence-electron chi connectivity index (χ2n) is 16.9. The third kappa shape index (κ3) is 14.1. The van der Waals surface area contributed by atoms with Crippen LogP contribution in [0.5, 0.6) is 0 Å². The van der Waals surface area contributed by atoms with Crippen molar-refractivity contribution in [3.63, 3.8) is 0 Å². The van der Waals surface area contributed by atoms with Gasteiger partial charge >= 0.3 is 17.9 Å². The van der Waals surface area contributed by atoms with E-state index in [2.05, 4.69) is 0 Å². The largest absolute Gasteiger partial charge is 0.462 e. The van der Waals surface area contributed by atoms with Crippen LogP contribution in [-0.2, 0) is 57.1 Å². The molecule has 3 aliphatic heterocycles. The maximum absolute atomic E-state index is 13.0. The van der Waals surface area contributed by atoms with Crippen LogP contribution in [0, 0.1) is 17.8 Å². The Morgan fingerprint density at radius 1 is 1.02 bits per heavy atom. The number of carbonyl (C=O) groups is 4. The minimum atomic E-state index is -1.50. The zero-order chi connectivity index (χ0) is 44.2. The summed E-state index contributed by atoms with van der Waals surface area (Å²) >= 11 is 0. The second-order valence-corrected chi connectivity index (χ2v) is 16.9. The topological polar surface area (TPSA) is 206 Å². The molecular formula is C43H71NO15. The summed E-state index contributed by atoms with van der Waals surface area (Å²) in [6.07, 6.45) is -3.37. The first-order valence-corrected chi connectivity index (χ1v) is 21.0. The van der Waals surface area contributed by atoms with Crippen LogP contribution < -0.4 is 0 Å². The molecule has 16 nitrogen and oxygen atoms in total. The van der Waals surface area contributed by atoms with Gasteiger partial charge in [-0.15, -0.1) is 0 Å². The van der Waals surface area contributed by atoms with Crippen molar-refractivity contribution < 1.29 is 72.4 Å². The maximum Gasteiger partial charge on any atom is 0.309 e. The minimum Gasteiger partial charge on any atom is -0.462 e. The van der Waals surface area contributed by atoms with Crippen LogP contribution in [0.3, 0.4) is 0 Å². The van der Waals surface area contributed by atoms with Gasteiger partial charge in [0.15, 0.2) is 18.7 Å². The van der Waals surface area contributed by atoms with Crippen LogP contribution in [0.2, 0.25) is 0 Å². The Bertz CT molecular complexity index is 1400. The van der Waals surface area contributed by atoms with Crippen LogP contribution in [0.25, 0.3) is 0 Å². The molecule has 3 N–H and O–H groups in total. The molecule has 3 heterocycles. The monoisotopic (exact) mass is 841 g/mol. The summed E-state index contributed by atoms with van der Waals surface area (Å²) in [5, 5.41) is 35.1. The standard InChI is InChI=1S/C43H71NO15/c1-12-24(3)41(50)59-40-28(7)54-34(23-43(40,8)51)57-37-27(6)55-42(36(49)35(37)44(9)10)58-38-29(19-20-45)21-25(4)31(56-32(47)13-2)18-16-14-15-17-26(5)53-33(48)22-30(46)39(38)52-11/h14-16,18,20,24-31,34-40,42,46,49,51H,12-13,17,19,21-23H2,1-11H3/b15-14+,18-16+/t24?,25-,26-,27-,28+,29+,30-,31+,34+,35-,36-,37-,38+,39+,40+,42+,43-/m1/s1. The van der Waals surface area contributed by atoms with Crippen LogP contribution in [0.15, 0.2) is 24.3 Å². The van der Waals surface area contributed by atoms with E-state index in [0.29, 0.717) is 12.8 Å². The molecule has 17 atom stereocenters. The first kappa shape index (κ1) is 50.6. The molecule has 59 heavy (non-hydrogen) atoms. The summed E-state index contributed by atoms with van der Waals surface area (Å²) in [7, 11) is 4.85. The number of hydrogen-bond acceptors (Lipinski definition) is 16. The van der Waals surface area contributed by atoms with Crippen LogP contribution in [-0.4, -0.2) is 151 Å². The number of aldehydes is 1. The summed E-state index contributed by atoms with van der Waals surface area (Å²) in [5.41, 5.74) is -1.50. The van der Waals surface area contributed by atoms with Crippen molar-refractivity contribution in [2.75, 3.05) is 21.2 Å². The van der Waals surface area contributed by atoms with Gasteiger partial charge in [0, 0.05) is 32.8 Å². The summed E-state index contributed by atoms with van der Waals surface area (Å²) in [6.45, 7) is 13.9. The van der Waals surface area contributed by atoms with Crippen molar-refractivity contribution >= 4 is 24.2 Å². The van der Waals surface area contributed by atoms with E-state index < -0.39 is 116 Å². The predicted octanol–water partition coefficient (Wildman–Crippen LogP) is 3.40. The molecule has 2 saturated heterocycles. The van der Waals surface area contributed by atoms with Gasteiger partial charge in [-0.05, 0) is 72.5 Å². The molecule has 0 bridgehead atoms. The highest BCUT2D eigenvalue weighted by Crippen LogP contribution is 2.38. The molecule has 338 valence electrons. The minimum absolute atomic E-state index is 0.0442. The third-order valence-corrected chi connectivity index (χ3v) is 11.6. The van der Waals surface area contributed by atoms with E-state index in [9.17, 15) is 34.5 Å². The van der Waals surface area contributed by atoms with Gasteiger partial charge in [0.2, 0.25) is 0 Å². The lowest BCUT2D eigenvalue weighted by molar-refractivity contribution is -0.344. The molecule has 0 aromatic rings. The number of allylic oxidation sites excluding steroid dienone is 2. The van der Waals surface area contributed by atoms with Crippen LogP contribution in [0.4, 0.5) is 0 Å². The Hall–Kier alpha value is -2.80. The van der Waals surface area contributed by atoms with E-state index in [1.54, 1.807) is 78.8 Å². The Labute approximate surface area is 349 Å². The summed E-state index contributed by atoms with van der Waals surface area (Å²) in [4.78, 5) is 52.3. The lowest BCUT2D eigenvalue weighted by atomic mass is 9.82. The van der Waals surface area contributed by atoms with Gasteiger partial charge in [0.1, 0.15) is 42.4 Å². The Morgan fingerprint density at radius 2 is 1.71 bits per heavy atom. The van der Waals surface area contributed by atoms with Gasteiger partial charge in [-0.2, -0.15) is 0 Å². The number of aliphatic hydroxyl groups is 3. The molecule has 1 unspecified atom stereocenters. The molecule has 0 amide bonds. The lowest BCUT2D eigenvalue weighted by Crippen LogP contribution is -2.66. The highest BCUT2D eigenvalue weighted by atomic mass is 16.7. The van der Waals surface area contributed by atoms with Crippen molar-refractivity contribution in [3.05, 3.63) is 24.3 Å². The van der Waals surface area contributed by atoms with Crippen molar-refractivity contribution in [2.24, 2.45) is 17.8 Å². The number of likely N-dealkylation sites (N-methyl/N-ethyl adjacent to an activating group) is 1. The average Bonchev–Trinajstić information content (AvgIpc) is 3.15. The van der Waals surface area contributed by atoms with Crippen molar-refractivity contribution in [2.45, 2.75) is 186 Å². The van der Waals surface area contributed by atoms with Crippen LogP contribution in [0.1, 0.15) is 100 Å². The number of nitrogens with zero attached hydrogens (tertiary/aromatic N) is 1. The van der Waals surface area contributed by atoms with E-state index in [1.165, 1.54) is 7.11 Å². The molecule has 2 fully saturated rings. The molecular weight excluding hydrogens is 770 g/mol. The van der Waals surface area contributed by atoms with Gasteiger partial charge in [-0.3, -0.25) is 14.4 Å². The van der Waals surface area contributed by atoms with Crippen molar-refractivity contribution in [1.82, 2.24) is 4.90 Å². The van der Waals surface area contributed by atoms with Crippen LogP contribution >= 0.6 is 0 Å². The van der Waals surface area contributed by atoms with Gasteiger partial charge in [0.05, 0.1) is 42.8 Å². The summed E-state index contributed by atoms with van der Waals surface area (Å²) < 4.78 is 48.5. The quantitative estimate of drug-likeness (QED) is 0.138. The summed E-state index contributed by atoms with van der Waals surface area (Å²) in [6, 6.07) is -0.776. The smallest absolute Gasteiger partial charge is 0.309 e. The molecule has 0 aliphatic carbocycles. The lowest BCUT2D eigenvalue weighted by Gasteiger charge is -2.50. The molecule has 16 heteroatoms. The number of hydrogen-bond donors (Lipinski definition) is 3. The molecule has 3 rings (SSSR count). The fourth-order valence-corrected chi connectivity index (χ4v) is 8.04. The number of aliphatic hydroxyl groups excluding tert-OH is 2. The van der Waals surface area contributed by atoms with E-state index in [-0.39, 0.29) is 37.5 Å². The normalized spacial score (nSPS) is 40.7. The van der Waals surface area contributed by atoms with E-state index >= 15 is 0 Å². The SMILES string of the molecule is CCC(=O)O[C@H]1/C=C/C=C/C[C@@H](C)OC(=O)C[C@@H](O)[C@H](OC)[C@@H](O[C@@H]2O[C@H](C)[C@@H](O[C@H]3C[C@@](C)(O)[C@@H](OC(=O)C(C)CC)[C@H](C)O3)[C@H](N(C)C)[C@H]2O)[C@@H](CC=O)C[C@H]1C. The molecule has 0 spiro atoms. The second kappa shape index (κ2) is 23.4. The van der Waals surface area contributed by atoms with Crippen molar-refractivity contribution in [1.29, 1.82) is 0 Å². The van der Waals surface area contributed by atoms with E-state index in [0.717, 1.165) is 6.29 Å². The Balaban J connectivity index is 1.96. The van der Waals surface area contributed by atoms with Gasteiger partial charge in [-0.25, -0.2) is 0 Å². The average molecular weight is 842 g/mol. The van der Waals surface area contributed by atoms with Crippen molar-refractivity contribution in [3.8, 4) is 0 Å². The number of rotatable bonds is 13. The third-order valence-electron chi connectivity index (χ3n) is 11.6. The first-order valence-electron chi connectivity index (χ1n) is 21.0. The molecule has 0 radical (unpaired) electrons.